The van der Waals surface area contributed by atoms with Crippen LogP contribution in [0.5, 0.6) is 0 Å². The number of hydrogen-bond donors (Lipinski definition) is 2. The number of carbonyl (C=O) groups is 1. The number of thiol groups is 1. The summed E-state index contributed by atoms with van der Waals surface area (Å²) in [5.74, 6) is -0.356. The molecule has 2 aromatic rings. The Morgan fingerprint density at radius 2 is 1.74 bits per heavy atom. The number of amides is 1. The maximum atomic E-state index is 12.1. The molecule has 1 amide bonds. The van der Waals surface area contributed by atoms with E-state index in [1.54, 1.807) is 36.4 Å². The van der Waals surface area contributed by atoms with E-state index in [9.17, 15) is 4.79 Å². The molecule has 0 atom stereocenters. The Morgan fingerprint density at radius 3 is 2.42 bits per heavy atom. The van der Waals surface area contributed by atoms with Gasteiger partial charge in [-0.2, -0.15) is 0 Å². The highest BCUT2D eigenvalue weighted by Gasteiger charge is 2.12. The van der Waals surface area contributed by atoms with Gasteiger partial charge >= 0.3 is 0 Å². The molecule has 0 aromatic heterocycles. The van der Waals surface area contributed by atoms with Crippen molar-refractivity contribution in [3.05, 3.63) is 57.0 Å². The smallest absolute Gasteiger partial charge is 0.257 e. The van der Waals surface area contributed by atoms with Crippen LogP contribution in [-0.2, 0) is 0 Å². The molecule has 0 spiro atoms. The maximum absolute atomic E-state index is 12.1. The maximum Gasteiger partial charge on any atom is 0.257 e. The van der Waals surface area contributed by atoms with Gasteiger partial charge in [-0.3, -0.25) is 4.79 Å². The lowest BCUT2D eigenvalue weighted by Crippen LogP contribution is -2.12. The molecule has 0 fully saturated rings. The van der Waals surface area contributed by atoms with Gasteiger partial charge in [0.1, 0.15) is 0 Å². The molecule has 0 unspecified atom stereocenters. The number of anilines is 1. The van der Waals surface area contributed by atoms with Crippen LogP contribution in [0.25, 0.3) is 0 Å². The Bertz CT molecular complexity index is 646. The molecule has 1 N–H and O–H groups in total. The van der Waals surface area contributed by atoms with Crippen molar-refractivity contribution in [2.45, 2.75) is 4.90 Å². The quantitative estimate of drug-likeness (QED) is 0.728. The van der Waals surface area contributed by atoms with Crippen LogP contribution in [0, 0.1) is 0 Å². The van der Waals surface area contributed by atoms with Crippen LogP contribution < -0.4 is 5.32 Å². The van der Waals surface area contributed by atoms with Gasteiger partial charge in [-0.05, 0) is 36.4 Å². The summed E-state index contributed by atoms with van der Waals surface area (Å²) in [6.45, 7) is 0. The van der Waals surface area contributed by atoms with Gasteiger partial charge < -0.3 is 5.32 Å². The molecule has 2 nitrogen and oxygen atoms in total. The minimum Gasteiger partial charge on any atom is -0.321 e. The van der Waals surface area contributed by atoms with Gasteiger partial charge in [0.15, 0.2) is 0 Å². The second kappa shape index (κ2) is 6.06. The molecule has 0 aliphatic rings. The van der Waals surface area contributed by atoms with Crippen molar-refractivity contribution in [3.8, 4) is 0 Å². The molecule has 0 saturated carbocycles. The third-order valence-electron chi connectivity index (χ3n) is 2.37. The highest BCUT2D eigenvalue weighted by Crippen LogP contribution is 2.27. The number of hydrogen-bond acceptors (Lipinski definition) is 2. The Morgan fingerprint density at radius 1 is 1.00 bits per heavy atom. The third kappa shape index (κ3) is 3.57. The Hall–Kier alpha value is -0.870. The first-order chi connectivity index (χ1) is 8.97. The van der Waals surface area contributed by atoms with Crippen molar-refractivity contribution in [1.82, 2.24) is 0 Å². The van der Waals surface area contributed by atoms with E-state index < -0.39 is 0 Å². The summed E-state index contributed by atoms with van der Waals surface area (Å²) >= 11 is 21.9. The number of nitrogens with one attached hydrogen (secondary N) is 1. The topological polar surface area (TPSA) is 29.1 Å². The average molecular weight is 333 g/mol. The second-order valence-corrected chi connectivity index (χ2v) is 5.51. The SMILES string of the molecule is O=C(Nc1ccc(Cl)cc1Cl)c1cc(S)ccc1Cl. The molecule has 0 saturated heterocycles. The van der Waals surface area contributed by atoms with E-state index in [1.165, 1.54) is 0 Å². The fourth-order valence-electron chi connectivity index (χ4n) is 1.47. The first-order valence-corrected chi connectivity index (χ1v) is 6.80. The van der Waals surface area contributed by atoms with Crippen molar-refractivity contribution < 1.29 is 4.79 Å². The van der Waals surface area contributed by atoms with E-state index in [2.05, 4.69) is 17.9 Å². The van der Waals surface area contributed by atoms with Crippen LogP contribution in [-0.4, -0.2) is 5.91 Å². The first-order valence-electron chi connectivity index (χ1n) is 5.22. The van der Waals surface area contributed by atoms with Gasteiger partial charge in [-0.25, -0.2) is 0 Å². The van der Waals surface area contributed by atoms with Crippen molar-refractivity contribution in [2.24, 2.45) is 0 Å². The monoisotopic (exact) mass is 331 g/mol. The highest BCUT2D eigenvalue weighted by atomic mass is 35.5. The predicted octanol–water partition coefficient (Wildman–Crippen LogP) is 5.19. The van der Waals surface area contributed by atoms with Gasteiger partial charge in [-0.1, -0.05) is 34.8 Å². The van der Waals surface area contributed by atoms with E-state index in [0.29, 0.717) is 31.2 Å². The predicted molar refractivity (Wildman–Crippen MR) is 83.1 cm³/mol. The zero-order valence-electron chi connectivity index (χ0n) is 9.45. The van der Waals surface area contributed by atoms with Crippen LogP contribution >= 0.6 is 47.4 Å². The number of rotatable bonds is 2. The van der Waals surface area contributed by atoms with Gasteiger partial charge in [-0.15, -0.1) is 12.6 Å². The van der Waals surface area contributed by atoms with Crippen molar-refractivity contribution in [2.75, 3.05) is 5.32 Å². The standard InChI is InChI=1S/C13H8Cl3NOS/c14-7-1-4-12(11(16)5-7)17-13(18)9-6-8(19)2-3-10(9)15/h1-6,19H,(H,17,18). The van der Waals surface area contributed by atoms with Crippen LogP contribution in [0.3, 0.4) is 0 Å². The normalized spacial score (nSPS) is 10.3. The fourth-order valence-corrected chi connectivity index (χ4v) is 2.33. The average Bonchev–Trinajstić information content (AvgIpc) is 2.35. The minimum atomic E-state index is -0.356. The van der Waals surface area contributed by atoms with E-state index in [4.69, 9.17) is 34.8 Å². The molecular formula is C13H8Cl3NOS. The Labute approximate surface area is 131 Å². The van der Waals surface area contributed by atoms with E-state index in [-0.39, 0.29) is 5.91 Å². The second-order valence-electron chi connectivity index (χ2n) is 3.74. The number of carbonyl (C=O) groups excluding carboxylic acids is 1. The summed E-state index contributed by atoms with van der Waals surface area (Å²) in [5, 5.41) is 3.88. The molecule has 19 heavy (non-hydrogen) atoms. The molecule has 6 heteroatoms. The van der Waals surface area contributed by atoms with Crippen LogP contribution in [0.1, 0.15) is 10.4 Å². The lowest BCUT2D eigenvalue weighted by atomic mass is 10.2. The van der Waals surface area contributed by atoms with Gasteiger partial charge in [0.05, 0.1) is 21.3 Å². The molecule has 0 heterocycles. The van der Waals surface area contributed by atoms with Crippen LogP contribution in [0.15, 0.2) is 41.3 Å². The molecule has 0 aliphatic heterocycles. The van der Waals surface area contributed by atoms with Gasteiger partial charge in [0.2, 0.25) is 0 Å². The summed E-state index contributed by atoms with van der Waals surface area (Å²) in [7, 11) is 0. The molecule has 2 aromatic carbocycles. The Kier molecular flexibility index (Phi) is 4.63. The van der Waals surface area contributed by atoms with Crippen molar-refractivity contribution >= 4 is 59.0 Å². The fraction of sp³-hybridized carbons (Fsp3) is 0. The van der Waals surface area contributed by atoms with E-state index in [1.807, 2.05) is 0 Å². The van der Waals surface area contributed by atoms with E-state index >= 15 is 0 Å². The molecule has 0 bridgehead atoms. The summed E-state index contributed by atoms with van der Waals surface area (Å²) < 4.78 is 0. The zero-order valence-corrected chi connectivity index (χ0v) is 12.6. The van der Waals surface area contributed by atoms with Crippen LogP contribution in [0.2, 0.25) is 15.1 Å². The third-order valence-corrected chi connectivity index (χ3v) is 3.53. The highest BCUT2D eigenvalue weighted by molar-refractivity contribution is 7.80. The number of halogens is 3. The van der Waals surface area contributed by atoms with Gasteiger partial charge in [0.25, 0.3) is 5.91 Å². The zero-order chi connectivity index (χ0) is 14.0. The molecule has 2 rings (SSSR count). The lowest BCUT2D eigenvalue weighted by molar-refractivity contribution is 0.102. The Balaban J connectivity index is 2.28. The molecular weight excluding hydrogens is 325 g/mol. The summed E-state index contributed by atoms with van der Waals surface area (Å²) in [6.07, 6.45) is 0. The van der Waals surface area contributed by atoms with E-state index in [0.717, 1.165) is 0 Å². The summed E-state index contributed by atoms with van der Waals surface area (Å²) in [5.41, 5.74) is 0.803. The molecule has 0 aliphatic carbocycles. The molecule has 98 valence electrons. The minimum absolute atomic E-state index is 0.334. The van der Waals surface area contributed by atoms with Crippen molar-refractivity contribution in [3.63, 3.8) is 0 Å². The lowest BCUT2D eigenvalue weighted by Gasteiger charge is -2.09. The van der Waals surface area contributed by atoms with Crippen molar-refractivity contribution in [1.29, 1.82) is 0 Å². The van der Waals surface area contributed by atoms with Gasteiger partial charge in [0, 0.05) is 9.92 Å². The largest absolute Gasteiger partial charge is 0.321 e. The summed E-state index contributed by atoms with van der Waals surface area (Å²) in [6, 6.07) is 9.72. The summed E-state index contributed by atoms with van der Waals surface area (Å²) in [4.78, 5) is 12.8. The molecule has 0 radical (unpaired) electrons. The first kappa shape index (κ1) is 14.5. The number of benzene rings is 2. The van der Waals surface area contributed by atoms with Crippen LogP contribution in [0.4, 0.5) is 5.69 Å².